The molecular weight excluding hydrogens is 368 g/mol. The average molecular weight is 413 g/mol. The molecule has 0 aliphatic carbocycles. The Balaban J connectivity index is 0.000000649. The minimum absolute atomic E-state index is 1.07. The van der Waals surface area contributed by atoms with E-state index < -0.39 is 0 Å². The highest BCUT2D eigenvalue weighted by Gasteiger charge is 1.99. The molecule has 0 bridgehead atoms. The monoisotopic (exact) mass is 412 g/mol. The summed E-state index contributed by atoms with van der Waals surface area (Å²) in [4.78, 5) is 1.51. The summed E-state index contributed by atoms with van der Waals surface area (Å²) in [6, 6.07) is 13.3. The number of allylic oxidation sites excluding steroid dienone is 2. The van der Waals surface area contributed by atoms with Crippen LogP contribution >= 0.6 is 11.3 Å². The second kappa shape index (κ2) is 19.7. The smallest absolute Gasteiger partial charge is 0.00451 e. The lowest BCUT2D eigenvalue weighted by molar-refractivity contribution is 0.667. The predicted molar refractivity (Wildman–Crippen MR) is 137 cm³/mol. The molecule has 0 aliphatic rings. The molecule has 0 unspecified atom stereocenters. The van der Waals surface area contributed by atoms with Crippen LogP contribution in [0.2, 0.25) is 0 Å². The topological polar surface area (TPSA) is 0 Å². The van der Waals surface area contributed by atoms with Crippen LogP contribution in [0.1, 0.15) is 95.1 Å². The van der Waals surface area contributed by atoms with E-state index in [4.69, 9.17) is 0 Å². The zero-order valence-electron chi connectivity index (χ0n) is 19.5. The molecule has 2 rings (SSSR count). The van der Waals surface area contributed by atoms with Gasteiger partial charge in [0.15, 0.2) is 0 Å². The molecule has 0 saturated heterocycles. The molecule has 0 spiro atoms. The third-order valence-electron chi connectivity index (χ3n) is 4.64. The van der Waals surface area contributed by atoms with Crippen molar-refractivity contribution in [1.82, 2.24) is 0 Å². The summed E-state index contributed by atoms with van der Waals surface area (Å²) in [7, 11) is 0. The van der Waals surface area contributed by atoms with E-state index in [-0.39, 0.29) is 0 Å². The Hall–Kier alpha value is -1.60. The van der Waals surface area contributed by atoms with Gasteiger partial charge in [0.2, 0.25) is 0 Å². The van der Waals surface area contributed by atoms with E-state index in [1.54, 1.807) is 0 Å². The number of hydrogen-bond donors (Lipinski definition) is 0. The lowest BCUT2D eigenvalue weighted by Gasteiger charge is -2.07. The van der Waals surface area contributed by atoms with Crippen LogP contribution in [0.15, 0.2) is 61.0 Å². The van der Waals surface area contributed by atoms with Gasteiger partial charge >= 0.3 is 0 Å². The van der Waals surface area contributed by atoms with Crippen molar-refractivity contribution in [2.45, 2.75) is 91.9 Å². The van der Waals surface area contributed by atoms with Gasteiger partial charge in [0.25, 0.3) is 0 Å². The van der Waals surface area contributed by atoms with Gasteiger partial charge in [0.1, 0.15) is 0 Å². The van der Waals surface area contributed by atoms with Gasteiger partial charge in [-0.15, -0.1) is 17.9 Å². The quantitative estimate of drug-likeness (QED) is 0.240. The fraction of sp³-hybridized carbons (Fsp3) is 0.500. The summed E-state index contributed by atoms with van der Waals surface area (Å²) in [5.41, 5.74) is 4.00. The predicted octanol–water partition coefficient (Wildman–Crippen LogP) is 9.91. The molecule has 1 heteroatoms. The van der Waals surface area contributed by atoms with Crippen molar-refractivity contribution >= 4 is 16.9 Å². The van der Waals surface area contributed by atoms with E-state index in [0.29, 0.717) is 0 Å². The summed E-state index contributed by atoms with van der Waals surface area (Å²) in [6.45, 7) is 16.4. The van der Waals surface area contributed by atoms with Gasteiger partial charge in [0.05, 0.1) is 0 Å². The molecular formula is C28H44S. The molecule has 0 saturated carbocycles. The van der Waals surface area contributed by atoms with Crippen LogP contribution in [-0.4, -0.2) is 0 Å². The van der Waals surface area contributed by atoms with Crippen LogP contribution < -0.4 is 0 Å². The molecule has 1 aromatic carbocycles. The standard InChI is InChI=1S/C19H28.C7H10S.C2H6/c1-4-6-8-10-12-18-13-15-19(16-14-18)17(3)11-9-7-5-2;1-2-4-7-5-3-6-8-7;1-2/h5,13-16H,2-4,6-12H2,1H3;3,5-6H,2,4H2,1H3;1-2H3. The van der Waals surface area contributed by atoms with Crippen LogP contribution in [0.25, 0.3) is 5.57 Å². The maximum atomic E-state index is 4.18. The van der Waals surface area contributed by atoms with E-state index >= 15 is 0 Å². The number of aryl methyl sites for hydroxylation is 2. The van der Waals surface area contributed by atoms with Crippen LogP contribution in [0.3, 0.4) is 0 Å². The van der Waals surface area contributed by atoms with Crippen LogP contribution in [0.5, 0.6) is 0 Å². The van der Waals surface area contributed by atoms with Crippen molar-refractivity contribution in [3.63, 3.8) is 0 Å². The Kier molecular flexibility index (Phi) is 18.6. The van der Waals surface area contributed by atoms with Gasteiger partial charge in [0, 0.05) is 4.88 Å². The number of benzene rings is 1. The minimum atomic E-state index is 1.07. The minimum Gasteiger partial charge on any atom is -0.149 e. The number of rotatable bonds is 12. The van der Waals surface area contributed by atoms with Gasteiger partial charge in [-0.1, -0.05) is 96.4 Å². The average Bonchev–Trinajstić information content (AvgIpc) is 3.27. The van der Waals surface area contributed by atoms with Gasteiger partial charge in [-0.25, -0.2) is 0 Å². The summed E-state index contributed by atoms with van der Waals surface area (Å²) in [6.07, 6.45) is 14.3. The summed E-state index contributed by atoms with van der Waals surface area (Å²) < 4.78 is 0. The normalized spacial score (nSPS) is 9.66. The van der Waals surface area contributed by atoms with Crippen molar-refractivity contribution in [1.29, 1.82) is 0 Å². The second-order valence-corrected chi connectivity index (χ2v) is 8.15. The van der Waals surface area contributed by atoms with Crippen molar-refractivity contribution in [3.05, 3.63) is 77.0 Å². The third kappa shape index (κ3) is 14.1. The Bertz CT molecular complexity index is 604. The second-order valence-electron chi connectivity index (χ2n) is 7.12. The largest absolute Gasteiger partial charge is 0.149 e. The van der Waals surface area contributed by atoms with Crippen LogP contribution in [0.4, 0.5) is 0 Å². The lowest BCUT2D eigenvalue weighted by Crippen LogP contribution is -1.88. The first-order valence-electron chi connectivity index (χ1n) is 11.6. The van der Waals surface area contributed by atoms with Crippen molar-refractivity contribution in [2.75, 3.05) is 0 Å². The first kappa shape index (κ1) is 27.4. The zero-order chi connectivity index (χ0) is 21.7. The molecule has 0 nitrogen and oxygen atoms in total. The van der Waals surface area contributed by atoms with Crippen LogP contribution in [0, 0.1) is 0 Å². The first-order valence-corrected chi connectivity index (χ1v) is 12.5. The molecule has 0 atom stereocenters. The lowest BCUT2D eigenvalue weighted by atomic mass is 9.99. The van der Waals surface area contributed by atoms with Crippen LogP contribution in [-0.2, 0) is 12.8 Å². The molecule has 0 aliphatic heterocycles. The third-order valence-corrected chi connectivity index (χ3v) is 5.58. The van der Waals surface area contributed by atoms with Gasteiger partial charge < -0.3 is 0 Å². The Morgan fingerprint density at radius 2 is 1.62 bits per heavy atom. The molecule has 0 N–H and O–H groups in total. The first-order chi connectivity index (χ1) is 14.2. The van der Waals surface area contributed by atoms with Gasteiger partial charge in [-0.05, 0) is 66.7 Å². The van der Waals surface area contributed by atoms with Crippen molar-refractivity contribution in [2.24, 2.45) is 0 Å². The fourth-order valence-corrected chi connectivity index (χ4v) is 3.78. The SMILES string of the molecule is C=CCCCC(=C)c1ccc(CCCCCC)cc1.CC.CCCc1cccs1. The number of unbranched alkanes of at least 4 members (excludes halogenated alkanes) is 4. The zero-order valence-corrected chi connectivity index (χ0v) is 20.3. The van der Waals surface area contributed by atoms with Gasteiger partial charge in [-0.2, -0.15) is 0 Å². The van der Waals surface area contributed by atoms with Crippen molar-refractivity contribution < 1.29 is 0 Å². The van der Waals surface area contributed by atoms with E-state index in [2.05, 4.69) is 68.8 Å². The molecule has 1 heterocycles. The molecule has 29 heavy (non-hydrogen) atoms. The van der Waals surface area contributed by atoms with Gasteiger partial charge in [-0.3, -0.25) is 0 Å². The highest BCUT2D eigenvalue weighted by atomic mass is 32.1. The number of hydrogen-bond acceptors (Lipinski definition) is 1. The molecule has 2 aromatic rings. The maximum Gasteiger partial charge on any atom is 0.00451 e. The Labute approximate surface area is 185 Å². The molecule has 162 valence electrons. The highest BCUT2D eigenvalue weighted by Crippen LogP contribution is 2.20. The molecule has 0 amide bonds. The Morgan fingerprint density at radius 3 is 2.17 bits per heavy atom. The van der Waals surface area contributed by atoms with E-state index in [1.807, 2.05) is 31.3 Å². The molecule has 0 fully saturated rings. The van der Waals surface area contributed by atoms with E-state index in [1.165, 1.54) is 66.5 Å². The highest BCUT2D eigenvalue weighted by molar-refractivity contribution is 7.09. The van der Waals surface area contributed by atoms with E-state index in [9.17, 15) is 0 Å². The summed E-state index contributed by atoms with van der Waals surface area (Å²) in [5, 5.41) is 2.13. The maximum absolute atomic E-state index is 4.18. The fourth-order valence-electron chi connectivity index (χ4n) is 2.97. The summed E-state index contributed by atoms with van der Waals surface area (Å²) in [5.74, 6) is 0. The van der Waals surface area contributed by atoms with E-state index in [0.717, 1.165) is 19.3 Å². The van der Waals surface area contributed by atoms with Crippen molar-refractivity contribution in [3.8, 4) is 0 Å². The molecule has 1 aromatic heterocycles. The molecule has 0 radical (unpaired) electrons. The summed E-state index contributed by atoms with van der Waals surface area (Å²) >= 11 is 1.85. The Morgan fingerprint density at radius 1 is 0.897 bits per heavy atom. The number of thiophene rings is 1.